The Morgan fingerprint density at radius 2 is 2.26 bits per heavy atom. The Balaban J connectivity index is 2.27. The van der Waals surface area contributed by atoms with Crippen LogP contribution in [0.2, 0.25) is 0 Å². The molecule has 19 heavy (non-hydrogen) atoms. The molecule has 1 fully saturated rings. The number of carbonyl (C=O) groups is 1. The van der Waals surface area contributed by atoms with Crippen molar-refractivity contribution in [1.29, 1.82) is 0 Å². The van der Waals surface area contributed by atoms with Gasteiger partial charge in [0.1, 0.15) is 5.60 Å². The molecule has 102 valence electrons. The minimum Gasteiger partial charge on any atom is -0.481 e. The lowest BCUT2D eigenvalue weighted by Crippen LogP contribution is -2.64. The van der Waals surface area contributed by atoms with Crippen LogP contribution in [0.4, 0.5) is 5.69 Å². The van der Waals surface area contributed by atoms with Crippen molar-refractivity contribution >= 4 is 11.7 Å². The molecule has 2 N–H and O–H groups in total. The molecule has 1 heterocycles. The van der Waals surface area contributed by atoms with Gasteiger partial charge in [0.25, 0.3) is 0 Å². The smallest absolute Gasteiger partial charge is 0.311 e. The van der Waals surface area contributed by atoms with E-state index in [0.29, 0.717) is 13.1 Å². The molecular weight excluding hydrogens is 252 g/mol. The molecule has 0 amide bonds. The number of aliphatic carboxylic acids is 1. The maximum Gasteiger partial charge on any atom is 0.311 e. The molecule has 1 saturated heterocycles. The fourth-order valence-electron chi connectivity index (χ4n) is 2.00. The summed E-state index contributed by atoms with van der Waals surface area (Å²) in [4.78, 5) is 21.3. The molecule has 7 heteroatoms. The molecule has 0 spiro atoms. The van der Waals surface area contributed by atoms with Crippen molar-refractivity contribution in [3.63, 3.8) is 0 Å². The lowest BCUT2D eigenvalue weighted by molar-refractivity contribution is -0.386. The van der Waals surface area contributed by atoms with Crippen LogP contribution in [0.5, 0.6) is 5.75 Å². The molecule has 0 unspecified atom stereocenters. The van der Waals surface area contributed by atoms with Crippen molar-refractivity contribution in [1.82, 2.24) is 5.32 Å². The number of carboxylic acids is 1. The number of nitro groups is 1. The second-order valence-electron chi connectivity index (χ2n) is 4.69. The van der Waals surface area contributed by atoms with Gasteiger partial charge in [-0.15, -0.1) is 0 Å². The molecule has 0 aromatic heterocycles. The van der Waals surface area contributed by atoms with Crippen LogP contribution in [0.1, 0.15) is 12.0 Å². The molecule has 0 saturated carbocycles. The van der Waals surface area contributed by atoms with Crippen molar-refractivity contribution in [2.75, 3.05) is 13.1 Å². The Morgan fingerprint density at radius 1 is 1.58 bits per heavy atom. The van der Waals surface area contributed by atoms with Gasteiger partial charge in [-0.05, 0) is 18.6 Å². The van der Waals surface area contributed by atoms with Gasteiger partial charge in [0, 0.05) is 19.2 Å². The standard InChI is InChI=1S/C12H14N2O5/c1-8-2-3-10(9(4-8)14(17)18)19-12(5-11(15)16)6-13-7-12/h2-4,13H,5-7H2,1H3,(H,15,16). The zero-order valence-corrected chi connectivity index (χ0v) is 10.4. The third kappa shape index (κ3) is 2.82. The molecule has 7 nitrogen and oxygen atoms in total. The van der Waals surface area contributed by atoms with Crippen molar-refractivity contribution < 1.29 is 19.6 Å². The van der Waals surface area contributed by atoms with Crippen LogP contribution in [0.25, 0.3) is 0 Å². The molecule has 0 aliphatic carbocycles. The second-order valence-corrected chi connectivity index (χ2v) is 4.69. The number of benzene rings is 1. The number of rotatable bonds is 5. The number of nitrogens with one attached hydrogen (secondary N) is 1. The zero-order valence-electron chi connectivity index (χ0n) is 10.4. The molecule has 2 rings (SSSR count). The van der Waals surface area contributed by atoms with E-state index in [1.807, 2.05) is 0 Å². The van der Waals surface area contributed by atoms with Crippen LogP contribution < -0.4 is 10.1 Å². The normalized spacial score (nSPS) is 16.5. The summed E-state index contributed by atoms with van der Waals surface area (Å²) in [7, 11) is 0. The van der Waals surface area contributed by atoms with Gasteiger partial charge in [-0.2, -0.15) is 0 Å². The lowest BCUT2D eigenvalue weighted by Gasteiger charge is -2.41. The van der Waals surface area contributed by atoms with Gasteiger partial charge in [-0.25, -0.2) is 0 Å². The summed E-state index contributed by atoms with van der Waals surface area (Å²) >= 11 is 0. The first-order chi connectivity index (χ1) is 8.92. The van der Waals surface area contributed by atoms with E-state index in [1.54, 1.807) is 13.0 Å². The van der Waals surface area contributed by atoms with Gasteiger partial charge in [-0.3, -0.25) is 14.9 Å². The summed E-state index contributed by atoms with van der Waals surface area (Å²) in [5.74, 6) is -0.880. The highest BCUT2D eigenvalue weighted by atomic mass is 16.6. The number of hydrogen-bond acceptors (Lipinski definition) is 5. The first kappa shape index (κ1) is 13.3. The number of aryl methyl sites for hydroxylation is 1. The van der Waals surface area contributed by atoms with Crippen molar-refractivity contribution in [2.24, 2.45) is 0 Å². The van der Waals surface area contributed by atoms with Crippen LogP contribution >= 0.6 is 0 Å². The summed E-state index contributed by atoms with van der Waals surface area (Å²) in [6, 6.07) is 4.62. The maximum absolute atomic E-state index is 11.0. The first-order valence-electron chi connectivity index (χ1n) is 5.78. The van der Waals surface area contributed by atoms with Crippen molar-refractivity contribution in [3.8, 4) is 5.75 Å². The van der Waals surface area contributed by atoms with Gasteiger partial charge in [0.15, 0.2) is 5.75 Å². The molecule has 1 aromatic carbocycles. The van der Waals surface area contributed by atoms with Gasteiger partial charge in [0.05, 0.1) is 11.3 Å². The molecular formula is C12H14N2O5. The summed E-state index contributed by atoms with van der Waals surface area (Å²) in [5.41, 5.74) is -0.291. The topological polar surface area (TPSA) is 102 Å². The Bertz CT molecular complexity index is 525. The van der Waals surface area contributed by atoms with Gasteiger partial charge in [-0.1, -0.05) is 6.07 Å². The largest absolute Gasteiger partial charge is 0.481 e. The minimum absolute atomic E-state index is 0.110. The van der Waals surface area contributed by atoms with Crippen LogP contribution in [0, 0.1) is 17.0 Å². The first-order valence-corrected chi connectivity index (χ1v) is 5.78. The molecule has 0 bridgehead atoms. The van der Waals surface area contributed by atoms with Crippen LogP contribution in [0.15, 0.2) is 18.2 Å². The van der Waals surface area contributed by atoms with Gasteiger partial charge >= 0.3 is 11.7 Å². The highest BCUT2D eigenvalue weighted by Gasteiger charge is 2.42. The number of carboxylic acid groups (broad SMARTS) is 1. The Morgan fingerprint density at radius 3 is 2.74 bits per heavy atom. The molecule has 0 radical (unpaired) electrons. The highest BCUT2D eigenvalue weighted by molar-refractivity contribution is 5.68. The van der Waals surface area contributed by atoms with Gasteiger partial charge < -0.3 is 15.2 Å². The molecule has 0 atom stereocenters. The number of nitro benzene ring substituents is 1. The Hall–Kier alpha value is -2.15. The fourth-order valence-corrected chi connectivity index (χ4v) is 2.00. The minimum atomic E-state index is -0.990. The van der Waals surface area contributed by atoms with E-state index < -0.39 is 16.5 Å². The van der Waals surface area contributed by atoms with E-state index >= 15 is 0 Å². The number of ether oxygens (including phenoxy) is 1. The predicted octanol–water partition coefficient (Wildman–Crippen LogP) is 1.10. The van der Waals surface area contributed by atoms with Crippen molar-refractivity contribution in [2.45, 2.75) is 18.9 Å². The van der Waals surface area contributed by atoms with E-state index in [1.165, 1.54) is 12.1 Å². The number of hydrogen-bond donors (Lipinski definition) is 2. The summed E-state index contributed by atoms with van der Waals surface area (Å²) in [5, 5.41) is 22.8. The molecule has 1 aliphatic rings. The maximum atomic E-state index is 11.0. The van der Waals surface area contributed by atoms with E-state index in [0.717, 1.165) is 5.56 Å². The highest BCUT2D eigenvalue weighted by Crippen LogP contribution is 2.33. The van der Waals surface area contributed by atoms with E-state index in [4.69, 9.17) is 9.84 Å². The van der Waals surface area contributed by atoms with E-state index in [2.05, 4.69) is 5.32 Å². The third-order valence-corrected chi connectivity index (χ3v) is 3.01. The zero-order chi connectivity index (χ0) is 14.0. The van der Waals surface area contributed by atoms with Crippen LogP contribution in [-0.2, 0) is 4.79 Å². The third-order valence-electron chi connectivity index (χ3n) is 3.01. The lowest BCUT2D eigenvalue weighted by atomic mass is 9.92. The van der Waals surface area contributed by atoms with Crippen LogP contribution in [0.3, 0.4) is 0 Å². The second kappa shape index (κ2) is 4.85. The predicted molar refractivity (Wildman–Crippen MR) is 66.3 cm³/mol. The fraction of sp³-hybridized carbons (Fsp3) is 0.417. The Kier molecular flexibility index (Phi) is 3.39. The summed E-state index contributed by atoms with van der Waals surface area (Å²) in [6.45, 7) is 2.48. The van der Waals surface area contributed by atoms with Crippen molar-refractivity contribution in [3.05, 3.63) is 33.9 Å². The average Bonchev–Trinajstić information content (AvgIpc) is 2.27. The van der Waals surface area contributed by atoms with E-state index in [9.17, 15) is 14.9 Å². The quantitative estimate of drug-likeness (QED) is 0.611. The van der Waals surface area contributed by atoms with Gasteiger partial charge in [0.2, 0.25) is 0 Å². The molecule has 1 aromatic rings. The van der Waals surface area contributed by atoms with Crippen LogP contribution in [-0.4, -0.2) is 34.7 Å². The average molecular weight is 266 g/mol. The summed E-state index contributed by atoms with van der Waals surface area (Å²) in [6.07, 6.45) is -0.189. The number of nitrogens with zero attached hydrogens (tertiary/aromatic N) is 1. The monoisotopic (exact) mass is 266 g/mol. The summed E-state index contributed by atoms with van der Waals surface area (Å²) < 4.78 is 5.61. The van der Waals surface area contributed by atoms with E-state index in [-0.39, 0.29) is 17.9 Å². The SMILES string of the molecule is Cc1ccc(OC2(CC(=O)O)CNC2)c([N+](=O)[O-])c1. The Labute approximate surface area is 109 Å². The molecule has 1 aliphatic heterocycles.